The third kappa shape index (κ3) is 3.49. The van der Waals surface area contributed by atoms with E-state index >= 15 is 0 Å². The van der Waals surface area contributed by atoms with Gasteiger partial charge in [0.15, 0.2) is 4.80 Å². The van der Waals surface area contributed by atoms with Gasteiger partial charge < -0.3 is 4.57 Å². The van der Waals surface area contributed by atoms with Crippen LogP contribution in [0, 0.1) is 0 Å². The normalized spacial score (nSPS) is 12.0. The number of rotatable bonds is 4. The molecule has 1 amide bonds. The van der Waals surface area contributed by atoms with E-state index < -0.39 is 5.92 Å². The maximum atomic E-state index is 13.3. The third-order valence-electron chi connectivity index (χ3n) is 4.62. The number of hydrogen-bond donors (Lipinski definition) is 0. The van der Waals surface area contributed by atoms with E-state index in [1.165, 1.54) is 0 Å². The van der Waals surface area contributed by atoms with Crippen molar-refractivity contribution in [3.63, 3.8) is 0 Å². The fourth-order valence-electron chi connectivity index (χ4n) is 3.34. The van der Waals surface area contributed by atoms with Crippen molar-refractivity contribution in [3.05, 3.63) is 101 Å². The van der Waals surface area contributed by atoms with Crippen molar-refractivity contribution in [2.75, 3.05) is 0 Å². The Kier molecular flexibility index (Phi) is 4.99. The van der Waals surface area contributed by atoms with Crippen molar-refractivity contribution in [1.29, 1.82) is 0 Å². The predicted molar refractivity (Wildman–Crippen MR) is 111 cm³/mol. The molecule has 1 aromatic heterocycles. The smallest absolute Gasteiger partial charge is 0.260 e. The van der Waals surface area contributed by atoms with Crippen LogP contribution in [0.2, 0.25) is 0 Å². The van der Waals surface area contributed by atoms with Crippen molar-refractivity contribution in [3.8, 4) is 0 Å². The number of aromatic nitrogens is 1. The van der Waals surface area contributed by atoms with Crippen LogP contribution < -0.4 is 4.80 Å². The molecule has 0 fully saturated rings. The number of aryl methyl sites for hydroxylation is 1. The second-order valence-electron chi connectivity index (χ2n) is 6.30. The van der Waals surface area contributed by atoms with Gasteiger partial charge in [-0.25, -0.2) is 0 Å². The lowest BCUT2D eigenvalue weighted by atomic mass is 9.91. The molecule has 0 aliphatic carbocycles. The highest BCUT2D eigenvalue weighted by atomic mass is 32.1. The number of nitrogens with zero attached hydrogens (tertiary/aromatic N) is 2. The van der Waals surface area contributed by atoms with Gasteiger partial charge >= 0.3 is 0 Å². The van der Waals surface area contributed by atoms with Gasteiger partial charge in [-0.3, -0.25) is 4.79 Å². The van der Waals surface area contributed by atoms with Gasteiger partial charge in [0.1, 0.15) is 0 Å². The summed E-state index contributed by atoms with van der Waals surface area (Å²) in [6.45, 7) is 2.85. The van der Waals surface area contributed by atoms with Crippen LogP contribution in [0.5, 0.6) is 0 Å². The summed E-state index contributed by atoms with van der Waals surface area (Å²) in [5, 5.41) is 0. The lowest BCUT2D eigenvalue weighted by molar-refractivity contribution is -0.118. The zero-order valence-corrected chi connectivity index (χ0v) is 15.9. The standard InChI is InChI=1S/C23H20N2OS/c1-2-25-19-15-9-10-16-20(19)27-23(25)24-22(26)21(17-11-5-3-6-12-17)18-13-7-4-8-14-18/h3-16,21H,2H2,1H3. The Morgan fingerprint density at radius 1 is 0.889 bits per heavy atom. The molecule has 0 bridgehead atoms. The topological polar surface area (TPSA) is 34.4 Å². The van der Waals surface area contributed by atoms with Gasteiger partial charge in [-0.15, -0.1) is 0 Å². The van der Waals surface area contributed by atoms with E-state index in [1.807, 2.05) is 72.8 Å². The van der Waals surface area contributed by atoms with E-state index in [2.05, 4.69) is 28.6 Å². The first kappa shape index (κ1) is 17.4. The van der Waals surface area contributed by atoms with Crippen LogP contribution >= 0.6 is 11.3 Å². The molecule has 0 saturated carbocycles. The summed E-state index contributed by atoms with van der Waals surface area (Å²) >= 11 is 1.56. The van der Waals surface area contributed by atoms with Gasteiger partial charge in [0.2, 0.25) is 0 Å². The van der Waals surface area contributed by atoms with Gasteiger partial charge in [-0.1, -0.05) is 84.1 Å². The van der Waals surface area contributed by atoms with Crippen molar-refractivity contribution in [2.45, 2.75) is 19.4 Å². The number of benzene rings is 3. The van der Waals surface area contributed by atoms with Gasteiger partial charge in [-0.2, -0.15) is 4.99 Å². The number of amides is 1. The zero-order chi connectivity index (χ0) is 18.6. The maximum absolute atomic E-state index is 13.3. The van der Waals surface area contributed by atoms with Gasteiger partial charge in [0.25, 0.3) is 5.91 Å². The fraction of sp³-hybridized carbons (Fsp3) is 0.130. The molecule has 0 radical (unpaired) electrons. The Labute approximate surface area is 162 Å². The van der Waals surface area contributed by atoms with E-state index in [0.29, 0.717) is 0 Å². The van der Waals surface area contributed by atoms with Crippen molar-refractivity contribution >= 4 is 27.5 Å². The highest BCUT2D eigenvalue weighted by Crippen LogP contribution is 2.26. The molecule has 0 aliphatic rings. The second kappa shape index (κ2) is 7.72. The number of hydrogen-bond acceptors (Lipinski definition) is 2. The molecule has 0 atom stereocenters. The monoisotopic (exact) mass is 372 g/mol. The molecule has 1 heterocycles. The van der Waals surface area contributed by atoms with E-state index in [0.717, 1.165) is 32.7 Å². The highest BCUT2D eigenvalue weighted by molar-refractivity contribution is 7.16. The van der Waals surface area contributed by atoms with Crippen LogP contribution in [-0.2, 0) is 11.3 Å². The Balaban J connectivity index is 1.85. The summed E-state index contributed by atoms with van der Waals surface area (Å²) in [4.78, 5) is 18.6. The van der Waals surface area contributed by atoms with E-state index in [1.54, 1.807) is 11.3 Å². The first-order valence-corrected chi connectivity index (χ1v) is 9.86. The zero-order valence-electron chi connectivity index (χ0n) is 15.1. The Morgan fingerprint density at radius 2 is 1.44 bits per heavy atom. The number of carbonyl (C=O) groups is 1. The Morgan fingerprint density at radius 3 is 2.04 bits per heavy atom. The number of para-hydroxylation sites is 1. The van der Waals surface area contributed by atoms with E-state index in [4.69, 9.17) is 0 Å². The molecule has 0 aliphatic heterocycles. The average Bonchev–Trinajstić information content (AvgIpc) is 3.06. The molecule has 0 unspecified atom stereocenters. The van der Waals surface area contributed by atoms with Crippen LogP contribution in [0.1, 0.15) is 24.0 Å². The third-order valence-corrected chi connectivity index (χ3v) is 5.68. The average molecular weight is 372 g/mol. The molecule has 4 aromatic rings. The fourth-order valence-corrected chi connectivity index (χ4v) is 4.44. The summed E-state index contributed by atoms with van der Waals surface area (Å²) in [5.74, 6) is -0.538. The predicted octanol–water partition coefficient (Wildman–Crippen LogP) is 4.98. The first-order chi connectivity index (χ1) is 13.3. The van der Waals surface area contributed by atoms with Gasteiger partial charge in [0.05, 0.1) is 16.1 Å². The summed E-state index contributed by atoms with van der Waals surface area (Å²) < 4.78 is 3.24. The first-order valence-electron chi connectivity index (χ1n) is 9.04. The molecule has 3 nitrogen and oxygen atoms in total. The largest absolute Gasteiger partial charge is 0.317 e. The molecular weight excluding hydrogens is 352 g/mol. The Hall–Kier alpha value is -2.98. The molecule has 3 aromatic carbocycles. The summed E-state index contributed by atoms with van der Waals surface area (Å²) in [5.41, 5.74) is 3.04. The van der Waals surface area contributed by atoms with Crippen molar-refractivity contribution in [2.24, 2.45) is 4.99 Å². The van der Waals surface area contributed by atoms with Crippen LogP contribution in [-0.4, -0.2) is 10.5 Å². The van der Waals surface area contributed by atoms with Crippen LogP contribution in [0.25, 0.3) is 10.2 Å². The van der Waals surface area contributed by atoms with Crippen molar-refractivity contribution in [1.82, 2.24) is 4.57 Å². The molecule has 0 saturated heterocycles. The van der Waals surface area contributed by atoms with Crippen molar-refractivity contribution < 1.29 is 4.79 Å². The molecule has 0 spiro atoms. The number of thiazole rings is 1. The minimum Gasteiger partial charge on any atom is -0.317 e. The minimum atomic E-state index is -0.400. The van der Waals surface area contributed by atoms with Crippen LogP contribution in [0.15, 0.2) is 89.9 Å². The number of fused-ring (bicyclic) bond motifs is 1. The second-order valence-corrected chi connectivity index (χ2v) is 7.31. The molecular formula is C23H20N2OS. The highest BCUT2D eigenvalue weighted by Gasteiger charge is 2.22. The Bertz CT molecular complexity index is 1090. The van der Waals surface area contributed by atoms with E-state index in [-0.39, 0.29) is 5.91 Å². The van der Waals surface area contributed by atoms with E-state index in [9.17, 15) is 4.79 Å². The summed E-state index contributed by atoms with van der Waals surface area (Å²) in [6, 6.07) is 27.9. The lowest BCUT2D eigenvalue weighted by Crippen LogP contribution is -2.19. The number of carbonyl (C=O) groups excluding carboxylic acids is 1. The molecule has 0 N–H and O–H groups in total. The lowest BCUT2D eigenvalue weighted by Gasteiger charge is -2.14. The molecule has 27 heavy (non-hydrogen) atoms. The van der Waals surface area contributed by atoms with Gasteiger partial charge in [-0.05, 0) is 30.2 Å². The molecule has 4 heteroatoms. The summed E-state index contributed by atoms with van der Waals surface area (Å²) in [7, 11) is 0. The maximum Gasteiger partial charge on any atom is 0.260 e. The summed E-state index contributed by atoms with van der Waals surface area (Å²) in [6.07, 6.45) is 0. The SMILES string of the molecule is CCn1c(=NC(=O)C(c2ccccc2)c2ccccc2)sc2ccccc21. The molecule has 4 rings (SSSR count). The minimum absolute atomic E-state index is 0.138. The van der Waals surface area contributed by atoms with Crippen LogP contribution in [0.4, 0.5) is 0 Å². The van der Waals surface area contributed by atoms with Gasteiger partial charge in [0, 0.05) is 6.54 Å². The molecule has 134 valence electrons. The quantitative estimate of drug-likeness (QED) is 0.497. The van der Waals surface area contributed by atoms with Crippen LogP contribution in [0.3, 0.4) is 0 Å².